The van der Waals surface area contributed by atoms with Gasteiger partial charge < -0.3 is 5.32 Å². The topological polar surface area (TPSA) is 37.8 Å². The van der Waals surface area contributed by atoms with Crippen LogP contribution < -0.4 is 5.32 Å². The minimum atomic E-state index is 0.516. The zero-order valence-corrected chi connectivity index (χ0v) is 11.9. The minimum absolute atomic E-state index is 0.516. The quantitative estimate of drug-likeness (QED) is 0.900. The highest BCUT2D eigenvalue weighted by Gasteiger charge is 2.14. The molecule has 0 unspecified atom stereocenters. The molecular formula is C13H13Cl2N3. The maximum absolute atomic E-state index is 6.23. The highest BCUT2D eigenvalue weighted by atomic mass is 35.5. The van der Waals surface area contributed by atoms with Crippen LogP contribution in [-0.4, -0.2) is 17.0 Å². The van der Waals surface area contributed by atoms with Gasteiger partial charge in [-0.2, -0.15) is 0 Å². The number of halogens is 2. The first-order valence-electron chi connectivity index (χ1n) is 5.52. The summed E-state index contributed by atoms with van der Waals surface area (Å²) in [5.41, 5.74) is 2.58. The number of aryl methyl sites for hydroxylation is 1. The SMILES string of the molecule is CNc1nc(C)nc(-c2cccc(Cl)c2Cl)c1C. The molecule has 2 aromatic rings. The molecule has 0 aliphatic carbocycles. The van der Waals surface area contributed by atoms with Gasteiger partial charge in [0, 0.05) is 18.2 Å². The molecule has 0 fully saturated rings. The fraction of sp³-hybridized carbons (Fsp3) is 0.231. The molecule has 3 nitrogen and oxygen atoms in total. The number of rotatable bonds is 2. The van der Waals surface area contributed by atoms with Crippen LogP contribution in [0.1, 0.15) is 11.4 Å². The van der Waals surface area contributed by atoms with Crippen molar-refractivity contribution in [2.45, 2.75) is 13.8 Å². The molecule has 18 heavy (non-hydrogen) atoms. The Morgan fingerprint density at radius 2 is 1.83 bits per heavy atom. The first kappa shape index (κ1) is 13.1. The molecule has 1 aromatic carbocycles. The van der Waals surface area contributed by atoms with E-state index >= 15 is 0 Å². The highest BCUT2D eigenvalue weighted by molar-refractivity contribution is 6.43. The van der Waals surface area contributed by atoms with Gasteiger partial charge in [0.25, 0.3) is 0 Å². The van der Waals surface area contributed by atoms with Gasteiger partial charge in [0.05, 0.1) is 15.7 Å². The lowest BCUT2D eigenvalue weighted by molar-refractivity contribution is 1.04. The normalized spacial score (nSPS) is 10.5. The smallest absolute Gasteiger partial charge is 0.132 e. The van der Waals surface area contributed by atoms with Crippen LogP contribution in [0, 0.1) is 13.8 Å². The molecule has 0 aliphatic heterocycles. The maximum Gasteiger partial charge on any atom is 0.132 e. The molecular weight excluding hydrogens is 269 g/mol. The Balaban J connectivity index is 2.71. The third-order valence-electron chi connectivity index (χ3n) is 2.70. The summed E-state index contributed by atoms with van der Waals surface area (Å²) in [6.07, 6.45) is 0. The fourth-order valence-corrected chi connectivity index (χ4v) is 2.21. The Morgan fingerprint density at radius 1 is 1.11 bits per heavy atom. The predicted octanol–water partition coefficient (Wildman–Crippen LogP) is 4.11. The summed E-state index contributed by atoms with van der Waals surface area (Å²) in [6, 6.07) is 5.53. The monoisotopic (exact) mass is 281 g/mol. The summed E-state index contributed by atoms with van der Waals surface area (Å²) in [7, 11) is 1.83. The molecule has 1 N–H and O–H groups in total. The summed E-state index contributed by atoms with van der Waals surface area (Å²) >= 11 is 12.3. The van der Waals surface area contributed by atoms with Gasteiger partial charge >= 0.3 is 0 Å². The van der Waals surface area contributed by atoms with Crippen LogP contribution in [0.2, 0.25) is 10.0 Å². The van der Waals surface area contributed by atoms with Crippen LogP contribution in [-0.2, 0) is 0 Å². The van der Waals surface area contributed by atoms with E-state index in [0.29, 0.717) is 15.9 Å². The zero-order chi connectivity index (χ0) is 13.3. The van der Waals surface area contributed by atoms with Crippen molar-refractivity contribution < 1.29 is 0 Å². The van der Waals surface area contributed by atoms with Gasteiger partial charge in [0.15, 0.2) is 0 Å². The molecule has 0 bridgehead atoms. The van der Waals surface area contributed by atoms with Gasteiger partial charge in [-0.1, -0.05) is 35.3 Å². The molecule has 0 aliphatic rings. The maximum atomic E-state index is 6.23. The van der Waals surface area contributed by atoms with Gasteiger partial charge in [-0.25, -0.2) is 9.97 Å². The number of nitrogens with one attached hydrogen (secondary N) is 1. The van der Waals surface area contributed by atoms with E-state index in [1.54, 1.807) is 6.07 Å². The van der Waals surface area contributed by atoms with Crippen molar-refractivity contribution in [3.05, 3.63) is 39.6 Å². The van der Waals surface area contributed by atoms with Crippen molar-refractivity contribution in [2.75, 3.05) is 12.4 Å². The number of aromatic nitrogens is 2. The fourth-order valence-electron chi connectivity index (χ4n) is 1.82. The number of benzene rings is 1. The van der Waals surface area contributed by atoms with E-state index in [-0.39, 0.29) is 0 Å². The van der Waals surface area contributed by atoms with Crippen LogP contribution in [0.5, 0.6) is 0 Å². The Kier molecular flexibility index (Phi) is 3.73. The average molecular weight is 282 g/mol. The van der Waals surface area contributed by atoms with E-state index < -0.39 is 0 Å². The van der Waals surface area contributed by atoms with E-state index in [4.69, 9.17) is 23.2 Å². The molecule has 0 saturated carbocycles. The van der Waals surface area contributed by atoms with Gasteiger partial charge in [0.1, 0.15) is 11.6 Å². The van der Waals surface area contributed by atoms with Crippen LogP contribution in [0.25, 0.3) is 11.3 Å². The van der Waals surface area contributed by atoms with E-state index in [0.717, 1.165) is 22.6 Å². The standard InChI is InChI=1S/C13H13Cl2N3/c1-7-12(17-8(2)18-13(7)16-3)9-5-4-6-10(14)11(9)15/h4-6H,1-3H3,(H,16,17,18). The van der Waals surface area contributed by atoms with Crippen LogP contribution in [0.15, 0.2) is 18.2 Å². The van der Waals surface area contributed by atoms with Crippen molar-refractivity contribution in [1.82, 2.24) is 9.97 Å². The van der Waals surface area contributed by atoms with Crippen molar-refractivity contribution in [3.8, 4) is 11.3 Å². The van der Waals surface area contributed by atoms with Gasteiger partial charge in [-0.05, 0) is 19.9 Å². The van der Waals surface area contributed by atoms with Gasteiger partial charge in [0.2, 0.25) is 0 Å². The van der Waals surface area contributed by atoms with E-state index in [1.165, 1.54) is 0 Å². The van der Waals surface area contributed by atoms with Gasteiger partial charge in [-0.15, -0.1) is 0 Å². The van der Waals surface area contributed by atoms with E-state index in [2.05, 4.69) is 15.3 Å². The van der Waals surface area contributed by atoms with E-state index in [9.17, 15) is 0 Å². The summed E-state index contributed by atoms with van der Waals surface area (Å²) in [5, 5.41) is 4.09. The lowest BCUT2D eigenvalue weighted by Crippen LogP contribution is -2.03. The third kappa shape index (κ3) is 2.28. The van der Waals surface area contributed by atoms with Crippen LogP contribution >= 0.6 is 23.2 Å². The molecule has 2 rings (SSSR count). The van der Waals surface area contributed by atoms with Crippen molar-refractivity contribution in [1.29, 1.82) is 0 Å². The Labute approximate surface area is 116 Å². The highest BCUT2D eigenvalue weighted by Crippen LogP contribution is 2.35. The molecule has 0 atom stereocenters. The molecule has 0 amide bonds. The van der Waals surface area contributed by atoms with Crippen LogP contribution in [0.4, 0.5) is 5.82 Å². The lowest BCUT2D eigenvalue weighted by Gasteiger charge is -2.12. The van der Waals surface area contributed by atoms with Gasteiger partial charge in [-0.3, -0.25) is 0 Å². The predicted molar refractivity (Wildman–Crippen MR) is 76.5 cm³/mol. The number of hydrogen-bond donors (Lipinski definition) is 1. The van der Waals surface area contributed by atoms with Crippen LogP contribution in [0.3, 0.4) is 0 Å². The summed E-state index contributed by atoms with van der Waals surface area (Å²) < 4.78 is 0. The van der Waals surface area contributed by atoms with Crippen molar-refractivity contribution >= 4 is 29.0 Å². The largest absolute Gasteiger partial charge is 0.373 e. The Bertz CT molecular complexity index is 597. The van der Waals surface area contributed by atoms with Crippen molar-refractivity contribution in [3.63, 3.8) is 0 Å². The number of hydrogen-bond acceptors (Lipinski definition) is 3. The molecule has 94 valence electrons. The van der Waals surface area contributed by atoms with Crippen molar-refractivity contribution in [2.24, 2.45) is 0 Å². The summed E-state index contributed by atoms with van der Waals surface area (Å²) in [4.78, 5) is 8.79. The first-order chi connectivity index (χ1) is 8.54. The second kappa shape index (κ2) is 5.12. The molecule has 0 saturated heterocycles. The minimum Gasteiger partial charge on any atom is -0.373 e. The number of nitrogens with zero attached hydrogens (tertiary/aromatic N) is 2. The molecule has 0 radical (unpaired) electrons. The summed E-state index contributed by atoms with van der Waals surface area (Å²) in [5.74, 6) is 1.49. The summed E-state index contributed by atoms with van der Waals surface area (Å²) in [6.45, 7) is 3.81. The Hall–Kier alpha value is -1.32. The van der Waals surface area contributed by atoms with E-state index in [1.807, 2.05) is 33.0 Å². The average Bonchev–Trinajstić information content (AvgIpc) is 2.35. The number of anilines is 1. The first-order valence-corrected chi connectivity index (χ1v) is 6.27. The molecule has 1 aromatic heterocycles. The second-order valence-corrected chi connectivity index (χ2v) is 4.73. The Morgan fingerprint density at radius 3 is 2.50 bits per heavy atom. The zero-order valence-electron chi connectivity index (χ0n) is 10.4. The molecule has 1 heterocycles. The molecule has 5 heteroatoms. The molecule has 0 spiro atoms. The second-order valence-electron chi connectivity index (χ2n) is 3.94. The lowest BCUT2D eigenvalue weighted by atomic mass is 10.1. The third-order valence-corrected chi connectivity index (χ3v) is 3.52.